The van der Waals surface area contributed by atoms with Gasteiger partial charge in [0.25, 0.3) is 0 Å². The maximum absolute atomic E-state index is 11.2. The Labute approximate surface area is 158 Å². The van der Waals surface area contributed by atoms with E-state index in [4.69, 9.17) is 0 Å². The molecule has 0 aliphatic carbocycles. The number of hydrogen-bond acceptors (Lipinski definition) is 4. The second kappa shape index (κ2) is 6.56. The Morgan fingerprint density at radius 2 is 1.90 bits per heavy atom. The third kappa shape index (κ3) is 2.97. The molecule has 0 N–H and O–H groups in total. The van der Waals surface area contributed by atoms with Crippen LogP contribution in [0.2, 0.25) is 0 Å². The van der Waals surface area contributed by atoms with Crippen LogP contribution in [0.1, 0.15) is 10.4 Å². The summed E-state index contributed by atoms with van der Waals surface area (Å²) in [4.78, 5) is 19.7. The van der Waals surface area contributed by atoms with Crippen LogP contribution < -0.4 is 56.5 Å². The van der Waals surface area contributed by atoms with E-state index in [1.54, 1.807) is 36.7 Å². The maximum atomic E-state index is 11.2. The molecule has 3 aromatic rings. The van der Waals surface area contributed by atoms with E-state index in [9.17, 15) is 9.90 Å². The topological polar surface area (TPSA) is 65.9 Å². The van der Waals surface area contributed by atoms with Crippen molar-refractivity contribution in [1.29, 1.82) is 0 Å². The average Bonchev–Trinajstić information content (AvgIpc) is 2.47. The van der Waals surface area contributed by atoms with Crippen LogP contribution in [-0.4, -0.2) is 15.9 Å². The minimum atomic E-state index is -1.20. The summed E-state index contributed by atoms with van der Waals surface area (Å²) >= 11 is 0. The van der Waals surface area contributed by atoms with E-state index < -0.39 is 5.97 Å². The Morgan fingerprint density at radius 3 is 2.60 bits per heavy atom. The molecule has 5 heteroatoms. The summed E-state index contributed by atoms with van der Waals surface area (Å²) < 4.78 is 0. The number of carbonyl (C=O) groups excluding carboxylic acids is 1. The Balaban J connectivity index is 0.00000147. The monoisotopic (exact) mass is 288 g/mol. The van der Waals surface area contributed by atoms with Gasteiger partial charge in [0, 0.05) is 28.9 Å². The summed E-state index contributed by atoms with van der Waals surface area (Å²) in [6.07, 6.45) is 3.31. The molecule has 0 atom stereocenters. The summed E-state index contributed by atoms with van der Waals surface area (Å²) in [5, 5.41) is 11.8. The summed E-state index contributed by atoms with van der Waals surface area (Å²) in [5.74, 6) is -1.20. The summed E-state index contributed by atoms with van der Waals surface area (Å²) in [6, 6.07) is 12.2. The van der Waals surface area contributed by atoms with Gasteiger partial charge < -0.3 is 9.90 Å². The molecule has 0 amide bonds. The molecule has 92 valence electrons. The third-order valence-corrected chi connectivity index (χ3v) is 2.89. The number of fused-ring (bicyclic) bond motifs is 1. The van der Waals surface area contributed by atoms with Crippen molar-refractivity contribution in [3.8, 4) is 11.3 Å². The van der Waals surface area contributed by atoms with Crippen LogP contribution in [-0.2, 0) is 0 Å². The van der Waals surface area contributed by atoms with Gasteiger partial charge in [0.05, 0.1) is 17.2 Å². The van der Waals surface area contributed by atoms with Gasteiger partial charge in [-0.2, -0.15) is 0 Å². The van der Waals surface area contributed by atoms with Crippen LogP contribution >= 0.6 is 0 Å². The van der Waals surface area contributed by atoms with Crippen molar-refractivity contribution >= 4 is 16.9 Å². The second-order valence-corrected chi connectivity index (χ2v) is 4.10. The summed E-state index contributed by atoms with van der Waals surface area (Å²) in [7, 11) is 0. The van der Waals surface area contributed by atoms with Crippen LogP contribution in [0.25, 0.3) is 22.2 Å². The largest absolute Gasteiger partial charge is 1.00 e. The van der Waals surface area contributed by atoms with Crippen molar-refractivity contribution in [3.05, 3.63) is 60.4 Å². The molecule has 2 heterocycles. The standard InChI is InChI=1S/C15H10N2O2.K/c18-15(19)12-8-14(10-4-3-7-16-9-10)17-13-6-2-1-5-11(12)13;/h1-9H,(H,18,19);/q;+1/p-1. The number of rotatable bonds is 2. The number of para-hydroxylation sites is 1. The van der Waals surface area contributed by atoms with Gasteiger partial charge in [0.1, 0.15) is 0 Å². The van der Waals surface area contributed by atoms with E-state index in [2.05, 4.69) is 9.97 Å². The Morgan fingerprint density at radius 1 is 1.10 bits per heavy atom. The van der Waals surface area contributed by atoms with E-state index in [-0.39, 0.29) is 56.9 Å². The van der Waals surface area contributed by atoms with Gasteiger partial charge in [0.2, 0.25) is 0 Å². The molecule has 0 saturated carbocycles. The molecule has 0 unspecified atom stereocenters. The van der Waals surface area contributed by atoms with E-state index >= 15 is 0 Å². The van der Waals surface area contributed by atoms with Gasteiger partial charge in [-0.05, 0) is 24.3 Å². The maximum Gasteiger partial charge on any atom is 1.00 e. The van der Waals surface area contributed by atoms with E-state index in [1.807, 2.05) is 12.1 Å². The molecule has 0 bridgehead atoms. The smallest absolute Gasteiger partial charge is 0.545 e. The summed E-state index contributed by atoms with van der Waals surface area (Å²) in [5.41, 5.74) is 2.12. The van der Waals surface area contributed by atoms with Crippen molar-refractivity contribution in [2.24, 2.45) is 0 Å². The summed E-state index contributed by atoms with van der Waals surface area (Å²) in [6.45, 7) is 0. The van der Waals surface area contributed by atoms with Gasteiger partial charge in [-0.25, -0.2) is 4.98 Å². The van der Waals surface area contributed by atoms with Gasteiger partial charge in [0.15, 0.2) is 0 Å². The number of pyridine rings is 2. The SMILES string of the molecule is O=C([O-])c1cc(-c2cccnc2)nc2ccccc12.[K+]. The van der Waals surface area contributed by atoms with E-state index in [0.29, 0.717) is 16.6 Å². The first-order chi connectivity index (χ1) is 9.25. The molecular weight excluding hydrogens is 279 g/mol. The van der Waals surface area contributed by atoms with Crippen LogP contribution in [0.15, 0.2) is 54.9 Å². The average molecular weight is 288 g/mol. The predicted octanol–water partition coefficient (Wildman–Crippen LogP) is -1.34. The molecule has 1 aromatic carbocycles. The molecule has 2 aromatic heterocycles. The predicted molar refractivity (Wildman–Crippen MR) is 69.3 cm³/mol. The van der Waals surface area contributed by atoms with Crippen molar-refractivity contribution in [2.45, 2.75) is 0 Å². The Bertz CT molecular complexity index is 760. The van der Waals surface area contributed by atoms with Crippen molar-refractivity contribution in [1.82, 2.24) is 9.97 Å². The molecule has 0 aliphatic heterocycles. The molecule has 0 saturated heterocycles. The number of hydrogen-bond donors (Lipinski definition) is 0. The van der Waals surface area contributed by atoms with Crippen molar-refractivity contribution in [2.75, 3.05) is 0 Å². The molecule has 3 rings (SSSR count). The zero-order chi connectivity index (χ0) is 13.2. The van der Waals surface area contributed by atoms with E-state index in [0.717, 1.165) is 5.56 Å². The van der Waals surface area contributed by atoms with Crippen LogP contribution in [0.5, 0.6) is 0 Å². The normalized spacial score (nSPS) is 10.0. The molecular formula is C15H9KN2O2. The fourth-order valence-corrected chi connectivity index (χ4v) is 2.01. The number of carbonyl (C=O) groups is 1. The Kier molecular flexibility index (Phi) is 5.01. The zero-order valence-corrected chi connectivity index (χ0v) is 14.0. The Hall–Kier alpha value is -1.11. The molecule has 0 fully saturated rings. The van der Waals surface area contributed by atoms with Crippen molar-refractivity contribution < 1.29 is 61.3 Å². The first-order valence-corrected chi connectivity index (χ1v) is 5.77. The number of aromatic nitrogens is 2. The van der Waals surface area contributed by atoms with E-state index in [1.165, 1.54) is 6.07 Å². The van der Waals surface area contributed by atoms with Crippen molar-refractivity contribution in [3.63, 3.8) is 0 Å². The number of nitrogens with zero attached hydrogens (tertiary/aromatic N) is 2. The van der Waals surface area contributed by atoms with Crippen LogP contribution in [0, 0.1) is 0 Å². The third-order valence-electron chi connectivity index (χ3n) is 2.89. The van der Waals surface area contributed by atoms with Gasteiger partial charge >= 0.3 is 51.4 Å². The quantitative estimate of drug-likeness (QED) is 0.548. The second-order valence-electron chi connectivity index (χ2n) is 4.10. The fourth-order valence-electron chi connectivity index (χ4n) is 2.01. The minimum absolute atomic E-state index is 0. The van der Waals surface area contributed by atoms with Crippen LogP contribution in [0.3, 0.4) is 0 Å². The number of benzene rings is 1. The van der Waals surface area contributed by atoms with Gasteiger partial charge in [-0.3, -0.25) is 4.98 Å². The first kappa shape index (κ1) is 15.3. The van der Waals surface area contributed by atoms with Crippen LogP contribution in [0.4, 0.5) is 0 Å². The molecule has 0 aliphatic rings. The molecule has 0 spiro atoms. The number of carboxylic acids is 1. The first-order valence-electron chi connectivity index (χ1n) is 5.77. The molecule has 4 nitrogen and oxygen atoms in total. The number of aromatic carboxylic acids is 1. The molecule has 20 heavy (non-hydrogen) atoms. The van der Waals surface area contributed by atoms with Gasteiger partial charge in [-0.15, -0.1) is 0 Å². The fraction of sp³-hybridized carbons (Fsp3) is 0. The van der Waals surface area contributed by atoms with Gasteiger partial charge in [-0.1, -0.05) is 18.2 Å². The zero-order valence-electron chi connectivity index (χ0n) is 10.9. The number of carboxylic acid groups (broad SMARTS) is 1. The minimum Gasteiger partial charge on any atom is -0.545 e. The molecule has 0 radical (unpaired) electrons.